The highest BCUT2D eigenvalue weighted by atomic mass is 35.5. The summed E-state index contributed by atoms with van der Waals surface area (Å²) in [6.07, 6.45) is 0. The van der Waals surface area contributed by atoms with Crippen molar-refractivity contribution in [2.24, 2.45) is 0 Å². The fraction of sp³-hybridized carbons (Fsp3) is 0.0882. The minimum atomic E-state index is -0.429. The molecule has 398 valence electrons. The van der Waals surface area contributed by atoms with E-state index in [1.54, 1.807) is 0 Å². The molecule has 1 saturated heterocycles. The molecule has 1 fully saturated rings. The predicted molar refractivity (Wildman–Crippen MR) is 337 cm³/mol. The van der Waals surface area contributed by atoms with Crippen LogP contribution in [-0.2, 0) is 9.31 Å². The van der Waals surface area contributed by atoms with Crippen LogP contribution in [0.1, 0.15) is 27.7 Å². The van der Waals surface area contributed by atoms with Crippen LogP contribution in [0.4, 0.5) is 0 Å². The van der Waals surface area contributed by atoms with Crippen molar-refractivity contribution in [2.75, 3.05) is 0 Å². The Kier molecular flexibility index (Phi) is 13.8. The van der Waals surface area contributed by atoms with Crippen molar-refractivity contribution in [3.8, 4) is 45.5 Å². The molecule has 1 aliphatic heterocycles. The topological polar surface area (TPSA) is 106 Å². The molecule has 0 radical (unpaired) electrons. The van der Waals surface area contributed by atoms with Crippen LogP contribution < -0.4 is 5.46 Å². The Labute approximate surface area is 488 Å². The molecule has 0 saturated carbocycles. The molecule has 10 aromatic carbocycles. The lowest BCUT2D eigenvalue weighted by atomic mass is 9.77. The molecule has 0 atom stereocenters. The van der Waals surface area contributed by atoms with E-state index in [0.717, 1.165) is 55.5 Å². The molecular formula is C68H50BCl3N8O2. The molecule has 0 bridgehead atoms. The first-order valence-corrected chi connectivity index (χ1v) is 28.0. The standard InChI is InChI=1S/C31H19ClN4.C28H26BNO2.C9H5Cl2N3/c32-31-34-29(21-11-3-1-4-12-21)33-30(35-31)25-17-9-16-24-27-23-15-8-7-10-20(23)18-19-26(27)36(28(24)25)22-13-5-2-6-14-22;1-27(2)28(3,4)32-29(31-27)23-16-10-15-22-25-21-14-9-8-11-19(21)17-18-24(25)30(26(22)23)20-12-6-5-7-13-20;10-8-12-7(13-9(11)14-8)6-4-2-1-3-5-6/h1-19H;5-18H,1-4H3;1-5H. The van der Waals surface area contributed by atoms with Gasteiger partial charge in [-0.2, -0.15) is 24.9 Å². The molecule has 14 heteroatoms. The van der Waals surface area contributed by atoms with E-state index in [1.807, 2.05) is 66.7 Å². The maximum absolute atomic E-state index is 6.50. The highest BCUT2D eigenvalue weighted by Gasteiger charge is 2.52. The molecule has 0 N–H and O–H groups in total. The zero-order chi connectivity index (χ0) is 56.1. The number of halogens is 3. The number of para-hydroxylation sites is 4. The van der Waals surface area contributed by atoms with Crippen LogP contribution in [0.15, 0.2) is 231 Å². The largest absolute Gasteiger partial charge is 0.497 e. The summed E-state index contributed by atoms with van der Waals surface area (Å²) in [6.45, 7) is 8.42. The van der Waals surface area contributed by atoms with Gasteiger partial charge in [0.2, 0.25) is 15.9 Å². The van der Waals surface area contributed by atoms with E-state index in [0.29, 0.717) is 17.5 Å². The molecule has 0 spiro atoms. The smallest absolute Gasteiger partial charge is 0.399 e. The minimum absolute atomic E-state index is 0.101. The van der Waals surface area contributed by atoms with Gasteiger partial charge in [-0.15, -0.1) is 0 Å². The summed E-state index contributed by atoms with van der Waals surface area (Å²) < 4.78 is 17.7. The third-order valence-electron chi connectivity index (χ3n) is 15.4. The molecular weight excluding hydrogens is 1080 g/mol. The molecule has 82 heavy (non-hydrogen) atoms. The highest BCUT2D eigenvalue weighted by Crippen LogP contribution is 2.43. The van der Waals surface area contributed by atoms with Gasteiger partial charge in [0.25, 0.3) is 0 Å². The van der Waals surface area contributed by atoms with Gasteiger partial charge < -0.3 is 18.4 Å². The van der Waals surface area contributed by atoms with Gasteiger partial charge >= 0.3 is 7.12 Å². The molecule has 4 aromatic heterocycles. The number of hydrogen-bond donors (Lipinski definition) is 0. The van der Waals surface area contributed by atoms with Gasteiger partial charge in [0, 0.05) is 55.1 Å². The third-order valence-corrected chi connectivity index (χ3v) is 15.9. The van der Waals surface area contributed by atoms with E-state index in [4.69, 9.17) is 49.1 Å². The Hall–Kier alpha value is -8.81. The summed E-state index contributed by atoms with van der Waals surface area (Å²) >= 11 is 17.8. The van der Waals surface area contributed by atoms with Gasteiger partial charge in [-0.25, -0.2) is 4.98 Å². The first-order valence-electron chi connectivity index (χ1n) is 26.9. The number of nitrogens with zero attached hydrogens (tertiary/aromatic N) is 8. The van der Waals surface area contributed by atoms with Gasteiger partial charge in [0.05, 0.1) is 33.3 Å². The summed E-state index contributed by atoms with van der Waals surface area (Å²) in [5.74, 6) is 1.58. The number of rotatable bonds is 6. The Morgan fingerprint density at radius 3 is 1.26 bits per heavy atom. The summed E-state index contributed by atoms with van der Waals surface area (Å²) in [4.78, 5) is 25.5. The Bertz CT molecular complexity index is 4660. The number of aromatic nitrogens is 8. The van der Waals surface area contributed by atoms with E-state index >= 15 is 0 Å². The Morgan fingerprint density at radius 2 is 0.744 bits per heavy atom. The monoisotopic (exact) mass is 1130 g/mol. The van der Waals surface area contributed by atoms with E-state index in [9.17, 15) is 0 Å². The van der Waals surface area contributed by atoms with E-state index < -0.39 is 18.3 Å². The van der Waals surface area contributed by atoms with Crippen LogP contribution in [-0.4, -0.2) is 57.4 Å². The summed E-state index contributed by atoms with van der Waals surface area (Å²) in [5.41, 5.74) is 9.63. The maximum Gasteiger partial charge on any atom is 0.497 e. The quantitative estimate of drug-likeness (QED) is 0.152. The summed E-state index contributed by atoms with van der Waals surface area (Å²) in [7, 11) is -0.429. The maximum atomic E-state index is 6.50. The fourth-order valence-corrected chi connectivity index (χ4v) is 11.5. The lowest BCUT2D eigenvalue weighted by molar-refractivity contribution is 0.00578. The average Bonchev–Trinajstić information content (AvgIpc) is 4.26. The van der Waals surface area contributed by atoms with Crippen molar-refractivity contribution in [2.45, 2.75) is 38.9 Å². The zero-order valence-corrected chi connectivity index (χ0v) is 47.3. The molecule has 0 aliphatic carbocycles. The second-order valence-corrected chi connectivity index (χ2v) is 21.9. The summed E-state index contributed by atoms with van der Waals surface area (Å²) in [6, 6.07) is 79.0. The predicted octanol–water partition coefficient (Wildman–Crippen LogP) is 17.2. The van der Waals surface area contributed by atoms with Gasteiger partial charge in [-0.05, 0) is 127 Å². The molecule has 0 amide bonds. The van der Waals surface area contributed by atoms with Crippen LogP contribution >= 0.6 is 34.8 Å². The molecule has 5 heterocycles. The van der Waals surface area contributed by atoms with Crippen molar-refractivity contribution < 1.29 is 9.31 Å². The Morgan fingerprint density at radius 1 is 0.354 bits per heavy atom. The van der Waals surface area contributed by atoms with Gasteiger partial charge in [0.1, 0.15) is 0 Å². The number of benzene rings is 10. The van der Waals surface area contributed by atoms with Crippen molar-refractivity contribution in [3.63, 3.8) is 0 Å². The average molecular weight is 1130 g/mol. The molecule has 1 aliphatic rings. The van der Waals surface area contributed by atoms with Gasteiger partial charge in [-0.1, -0.05) is 188 Å². The minimum Gasteiger partial charge on any atom is -0.399 e. The number of hydrogen-bond acceptors (Lipinski definition) is 8. The van der Waals surface area contributed by atoms with E-state index in [2.05, 4.69) is 226 Å². The lowest BCUT2D eigenvalue weighted by Crippen LogP contribution is -2.41. The Balaban J connectivity index is 0.000000126. The number of fused-ring (bicyclic) bond motifs is 10. The van der Waals surface area contributed by atoms with Crippen LogP contribution in [0.3, 0.4) is 0 Å². The van der Waals surface area contributed by atoms with Gasteiger partial charge in [-0.3, -0.25) is 0 Å². The van der Waals surface area contributed by atoms with Crippen molar-refractivity contribution in [1.82, 2.24) is 39.0 Å². The normalized spacial score (nSPS) is 13.6. The molecule has 0 unspecified atom stereocenters. The van der Waals surface area contributed by atoms with E-state index in [1.165, 1.54) is 43.2 Å². The van der Waals surface area contributed by atoms with Crippen LogP contribution in [0, 0.1) is 0 Å². The summed E-state index contributed by atoms with van der Waals surface area (Å²) in [5, 5.41) is 10.1. The highest BCUT2D eigenvalue weighted by molar-refractivity contribution is 6.65. The second kappa shape index (κ2) is 21.6. The second-order valence-electron chi connectivity index (χ2n) is 20.9. The third kappa shape index (κ3) is 9.70. The van der Waals surface area contributed by atoms with Crippen LogP contribution in [0.5, 0.6) is 0 Å². The van der Waals surface area contributed by atoms with Crippen molar-refractivity contribution in [1.29, 1.82) is 0 Å². The fourth-order valence-electron chi connectivity index (χ4n) is 11.0. The van der Waals surface area contributed by atoms with Crippen LogP contribution in [0.2, 0.25) is 15.9 Å². The SMILES string of the molecule is CC1(C)OB(c2cccc3c4c5ccccc5ccc4n(-c4ccccc4)c23)OC1(C)C.Clc1nc(-c2ccccc2)nc(-c2cccc3c4c5ccccc5ccc4n(-c4ccccc4)c23)n1.Clc1nc(Cl)nc(-c2ccccc2)n1. The molecule has 10 nitrogen and oxygen atoms in total. The first kappa shape index (κ1) is 52.6. The molecule has 14 aromatic rings. The van der Waals surface area contributed by atoms with Crippen molar-refractivity contribution >= 4 is 113 Å². The molecule has 15 rings (SSSR count). The van der Waals surface area contributed by atoms with E-state index in [-0.39, 0.29) is 15.9 Å². The zero-order valence-electron chi connectivity index (χ0n) is 45.0. The van der Waals surface area contributed by atoms with Crippen molar-refractivity contribution in [3.05, 3.63) is 246 Å². The lowest BCUT2D eigenvalue weighted by Gasteiger charge is -2.32. The van der Waals surface area contributed by atoms with Crippen LogP contribution in [0.25, 0.3) is 111 Å². The van der Waals surface area contributed by atoms with Gasteiger partial charge in [0.15, 0.2) is 17.5 Å². The first-order chi connectivity index (χ1) is 39.9.